The third-order valence-corrected chi connectivity index (χ3v) is 3.79. The summed E-state index contributed by atoms with van der Waals surface area (Å²) in [6.45, 7) is 0. The zero-order chi connectivity index (χ0) is 16.2. The molecule has 116 valence electrons. The lowest BCUT2D eigenvalue weighted by Gasteiger charge is -2.11. The largest absolute Gasteiger partial charge is 0.481 e. The first-order valence-corrected chi connectivity index (χ1v) is 7.53. The fourth-order valence-corrected chi connectivity index (χ4v) is 2.63. The van der Waals surface area contributed by atoms with Gasteiger partial charge in [-0.15, -0.1) is 0 Å². The van der Waals surface area contributed by atoms with Crippen molar-refractivity contribution in [2.75, 3.05) is 12.8 Å². The number of rotatable bonds is 4. The predicted octanol–water partition coefficient (Wildman–Crippen LogP) is 3.98. The maximum atomic E-state index is 6.09. The number of nitrogens with zero attached hydrogens (tertiary/aromatic N) is 2. The van der Waals surface area contributed by atoms with Gasteiger partial charge in [-0.25, -0.2) is 9.97 Å². The van der Waals surface area contributed by atoms with E-state index in [-0.39, 0.29) is 0 Å². The Labute approximate surface area is 139 Å². The number of hydrogen-bond donors (Lipinski definition) is 1. The van der Waals surface area contributed by atoms with E-state index >= 15 is 0 Å². The van der Waals surface area contributed by atoms with Gasteiger partial charge in [-0.2, -0.15) is 0 Å². The lowest BCUT2D eigenvalue weighted by atomic mass is 10.0. The molecule has 0 fully saturated rings. The topological polar surface area (TPSA) is 61.0 Å². The van der Waals surface area contributed by atoms with E-state index in [9.17, 15) is 0 Å². The Balaban J connectivity index is 2.01. The van der Waals surface area contributed by atoms with Crippen LogP contribution < -0.4 is 10.5 Å². The predicted molar refractivity (Wildman–Crippen MR) is 92.7 cm³/mol. The van der Waals surface area contributed by atoms with E-state index in [4.69, 9.17) is 22.1 Å². The summed E-state index contributed by atoms with van der Waals surface area (Å²) < 4.78 is 5.38. The minimum atomic E-state index is 0.535. The summed E-state index contributed by atoms with van der Waals surface area (Å²) in [6, 6.07) is 13.5. The molecule has 1 aromatic carbocycles. The summed E-state index contributed by atoms with van der Waals surface area (Å²) in [7, 11) is 1.61. The molecule has 0 aliphatic carbocycles. The van der Waals surface area contributed by atoms with Crippen molar-refractivity contribution in [3.8, 4) is 17.0 Å². The molecule has 0 aliphatic rings. The van der Waals surface area contributed by atoms with Gasteiger partial charge in [0.25, 0.3) is 0 Å². The van der Waals surface area contributed by atoms with Gasteiger partial charge >= 0.3 is 0 Å². The van der Waals surface area contributed by atoms with Crippen molar-refractivity contribution in [1.82, 2.24) is 9.97 Å². The van der Waals surface area contributed by atoms with Gasteiger partial charge < -0.3 is 10.5 Å². The summed E-state index contributed by atoms with van der Waals surface area (Å²) >= 11 is 6.09. The van der Waals surface area contributed by atoms with Gasteiger partial charge in [0.05, 0.1) is 7.11 Å². The lowest BCUT2D eigenvalue weighted by Crippen LogP contribution is -2.00. The first-order chi connectivity index (χ1) is 11.2. The van der Waals surface area contributed by atoms with Crippen LogP contribution in [0.2, 0.25) is 5.02 Å². The summed E-state index contributed by atoms with van der Waals surface area (Å²) in [6.07, 6.45) is 4.13. The molecule has 0 unspecified atom stereocenters. The Morgan fingerprint density at radius 1 is 1.13 bits per heavy atom. The Hall–Kier alpha value is -2.59. The van der Waals surface area contributed by atoms with Gasteiger partial charge in [-0.05, 0) is 41.0 Å². The second kappa shape index (κ2) is 6.67. The Morgan fingerprint density at radius 3 is 2.74 bits per heavy atom. The van der Waals surface area contributed by atoms with Crippen LogP contribution in [0.4, 0.5) is 5.82 Å². The second-order valence-corrected chi connectivity index (χ2v) is 5.57. The van der Waals surface area contributed by atoms with Crippen molar-refractivity contribution in [2.45, 2.75) is 6.42 Å². The summed E-state index contributed by atoms with van der Waals surface area (Å²) in [5.74, 6) is 1.10. The maximum absolute atomic E-state index is 6.09. The average molecular weight is 326 g/mol. The van der Waals surface area contributed by atoms with E-state index in [1.165, 1.54) is 0 Å². The van der Waals surface area contributed by atoms with E-state index in [1.807, 2.05) is 42.5 Å². The second-order valence-electron chi connectivity index (χ2n) is 5.14. The van der Waals surface area contributed by atoms with Gasteiger partial charge in [-0.3, -0.25) is 0 Å². The highest BCUT2D eigenvalue weighted by atomic mass is 35.5. The molecule has 4 nitrogen and oxygen atoms in total. The summed E-state index contributed by atoms with van der Waals surface area (Å²) in [4.78, 5) is 8.52. The molecule has 0 radical (unpaired) electrons. The average Bonchev–Trinajstić information content (AvgIpc) is 2.57. The number of anilines is 1. The standard InChI is InChI=1S/C18H16ClN3O/c1-23-18-16(13-4-2-6-15(19)10-13)9-12(11-22-18)8-14-5-3-7-21-17(14)20/h2-7,9-11H,8H2,1H3,(H2,20,21). The third-order valence-electron chi connectivity index (χ3n) is 3.56. The van der Waals surface area contributed by atoms with Gasteiger partial charge in [-0.1, -0.05) is 29.8 Å². The van der Waals surface area contributed by atoms with Crippen LogP contribution in [-0.4, -0.2) is 17.1 Å². The van der Waals surface area contributed by atoms with Gasteiger partial charge in [0, 0.05) is 29.4 Å². The van der Waals surface area contributed by atoms with E-state index in [0.29, 0.717) is 23.1 Å². The molecule has 0 atom stereocenters. The lowest BCUT2D eigenvalue weighted by molar-refractivity contribution is 0.399. The molecule has 0 aliphatic heterocycles. The number of aromatic nitrogens is 2. The first kappa shape index (κ1) is 15.3. The van der Waals surface area contributed by atoms with Crippen molar-refractivity contribution < 1.29 is 4.74 Å². The van der Waals surface area contributed by atoms with Crippen molar-refractivity contribution >= 4 is 17.4 Å². The maximum Gasteiger partial charge on any atom is 0.221 e. The molecule has 3 rings (SSSR count). The first-order valence-electron chi connectivity index (χ1n) is 7.15. The molecule has 5 heteroatoms. The Bertz CT molecular complexity index is 836. The fraction of sp³-hybridized carbons (Fsp3) is 0.111. The molecule has 0 spiro atoms. The van der Waals surface area contributed by atoms with Crippen molar-refractivity contribution in [3.05, 3.63) is 71.0 Å². The molecule has 0 amide bonds. The highest BCUT2D eigenvalue weighted by molar-refractivity contribution is 6.30. The SMILES string of the molecule is COc1ncc(Cc2cccnc2N)cc1-c1cccc(Cl)c1. The van der Waals surface area contributed by atoms with Crippen molar-refractivity contribution in [3.63, 3.8) is 0 Å². The molecule has 23 heavy (non-hydrogen) atoms. The number of benzene rings is 1. The van der Waals surface area contributed by atoms with Crippen LogP contribution >= 0.6 is 11.6 Å². The van der Waals surface area contributed by atoms with Crippen LogP contribution in [0.25, 0.3) is 11.1 Å². The number of nitrogens with two attached hydrogens (primary N) is 1. The molecule has 0 saturated carbocycles. The zero-order valence-corrected chi connectivity index (χ0v) is 13.4. The fourth-order valence-electron chi connectivity index (χ4n) is 2.44. The quantitative estimate of drug-likeness (QED) is 0.788. The van der Waals surface area contributed by atoms with E-state index in [1.54, 1.807) is 19.5 Å². The molecule has 0 bridgehead atoms. The van der Waals surface area contributed by atoms with Crippen molar-refractivity contribution in [1.29, 1.82) is 0 Å². The minimum Gasteiger partial charge on any atom is -0.481 e. The molecular formula is C18H16ClN3O. The van der Waals surface area contributed by atoms with Gasteiger partial charge in [0.15, 0.2) is 0 Å². The highest BCUT2D eigenvalue weighted by Crippen LogP contribution is 2.31. The molecule has 3 aromatic rings. The van der Waals surface area contributed by atoms with Crippen LogP contribution in [0.1, 0.15) is 11.1 Å². The highest BCUT2D eigenvalue weighted by Gasteiger charge is 2.10. The number of nitrogen functional groups attached to an aromatic ring is 1. The normalized spacial score (nSPS) is 10.5. The number of hydrogen-bond acceptors (Lipinski definition) is 4. The molecule has 2 heterocycles. The monoisotopic (exact) mass is 325 g/mol. The molecular weight excluding hydrogens is 310 g/mol. The zero-order valence-electron chi connectivity index (χ0n) is 12.7. The van der Waals surface area contributed by atoms with Crippen LogP contribution in [0.5, 0.6) is 5.88 Å². The van der Waals surface area contributed by atoms with E-state index in [0.717, 1.165) is 22.3 Å². The van der Waals surface area contributed by atoms with Crippen LogP contribution in [0.15, 0.2) is 54.9 Å². The number of halogens is 1. The minimum absolute atomic E-state index is 0.535. The van der Waals surface area contributed by atoms with Crippen LogP contribution in [0.3, 0.4) is 0 Å². The van der Waals surface area contributed by atoms with Gasteiger partial charge in [0.1, 0.15) is 5.82 Å². The molecule has 0 saturated heterocycles. The number of ether oxygens (including phenoxy) is 1. The van der Waals surface area contributed by atoms with E-state index in [2.05, 4.69) is 9.97 Å². The smallest absolute Gasteiger partial charge is 0.221 e. The molecule has 2 aromatic heterocycles. The number of pyridine rings is 2. The van der Waals surface area contributed by atoms with Crippen molar-refractivity contribution in [2.24, 2.45) is 0 Å². The summed E-state index contributed by atoms with van der Waals surface area (Å²) in [5.41, 5.74) is 9.78. The Kier molecular flexibility index (Phi) is 4.44. The van der Waals surface area contributed by atoms with E-state index < -0.39 is 0 Å². The van der Waals surface area contributed by atoms with Crippen LogP contribution in [0, 0.1) is 0 Å². The summed E-state index contributed by atoms with van der Waals surface area (Å²) in [5, 5.41) is 0.673. The molecule has 2 N–H and O–H groups in total. The third kappa shape index (κ3) is 3.43. The van der Waals surface area contributed by atoms with Gasteiger partial charge in [0.2, 0.25) is 5.88 Å². The Morgan fingerprint density at radius 2 is 2.00 bits per heavy atom. The van der Waals surface area contributed by atoms with Crippen LogP contribution in [-0.2, 0) is 6.42 Å². The number of methoxy groups -OCH3 is 1.